The molecular weight excluding hydrogens is 388 g/mol. The van der Waals surface area contributed by atoms with Crippen LogP contribution in [-0.4, -0.2) is 45.4 Å². The number of amides is 1. The van der Waals surface area contributed by atoms with Crippen LogP contribution in [0.3, 0.4) is 0 Å². The van der Waals surface area contributed by atoms with Gasteiger partial charge in [-0.05, 0) is 74.1 Å². The average molecular weight is 415 g/mol. The van der Waals surface area contributed by atoms with E-state index in [4.69, 9.17) is 4.74 Å². The number of carbonyl (C=O) groups excluding carboxylic acids is 1. The summed E-state index contributed by atoms with van der Waals surface area (Å²) in [6.45, 7) is 3.78. The van der Waals surface area contributed by atoms with Crippen molar-refractivity contribution in [3.63, 3.8) is 0 Å². The predicted octanol–water partition coefficient (Wildman–Crippen LogP) is 3.38. The molecule has 0 bridgehead atoms. The molecule has 1 fully saturated rings. The first-order valence-electron chi connectivity index (χ1n) is 10.0. The number of hydrogen-bond donors (Lipinski definition) is 0. The largest absolute Gasteiger partial charge is 0.495 e. The van der Waals surface area contributed by atoms with Crippen LogP contribution in [-0.2, 0) is 16.4 Å². The molecule has 2 aliphatic rings. The third kappa shape index (κ3) is 3.53. The fourth-order valence-electron chi connectivity index (χ4n) is 4.22. The number of ether oxygens (including phenoxy) is 1. The summed E-state index contributed by atoms with van der Waals surface area (Å²) in [5.41, 5.74) is 3.59. The molecule has 154 valence electrons. The van der Waals surface area contributed by atoms with Crippen molar-refractivity contribution in [1.82, 2.24) is 4.31 Å². The Morgan fingerprint density at radius 3 is 2.31 bits per heavy atom. The van der Waals surface area contributed by atoms with Crippen molar-refractivity contribution in [2.75, 3.05) is 31.6 Å². The van der Waals surface area contributed by atoms with Gasteiger partial charge in [-0.3, -0.25) is 4.79 Å². The van der Waals surface area contributed by atoms with Crippen LogP contribution in [0.1, 0.15) is 40.7 Å². The Morgan fingerprint density at radius 1 is 0.966 bits per heavy atom. The van der Waals surface area contributed by atoms with E-state index in [-0.39, 0.29) is 10.8 Å². The van der Waals surface area contributed by atoms with Crippen LogP contribution in [0.25, 0.3) is 0 Å². The molecule has 0 aromatic heterocycles. The van der Waals surface area contributed by atoms with Crippen LogP contribution in [0.4, 0.5) is 5.69 Å². The van der Waals surface area contributed by atoms with Gasteiger partial charge in [-0.1, -0.05) is 6.07 Å². The predicted molar refractivity (Wildman–Crippen MR) is 112 cm³/mol. The van der Waals surface area contributed by atoms with E-state index in [0.717, 1.165) is 42.5 Å². The molecule has 1 saturated heterocycles. The van der Waals surface area contributed by atoms with E-state index >= 15 is 0 Å². The lowest BCUT2D eigenvalue weighted by atomic mass is 9.95. The summed E-state index contributed by atoms with van der Waals surface area (Å²) in [5.74, 6) is 0.548. The lowest BCUT2D eigenvalue weighted by molar-refractivity contribution is 0.0984. The Hall–Kier alpha value is -2.38. The van der Waals surface area contributed by atoms with Gasteiger partial charge in [0.25, 0.3) is 5.91 Å². The van der Waals surface area contributed by atoms with Crippen molar-refractivity contribution in [1.29, 1.82) is 0 Å². The van der Waals surface area contributed by atoms with Crippen molar-refractivity contribution in [3.8, 4) is 5.75 Å². The van der Waals surface area contributed by atoms with Gasteiger partial charge in [-0.15, -0.1) is 0 Å². The Kier molecular flexibility index (Phi) is 5.36. The van der Waals surface area contributed by atoms with Crippen molar-refractivity contribution in [2.45, 2.75) is 37.5 Å². The molecule has 2 aliphatic heterocycles. The van der Waals surface area contributed by atoms with Gasteiger partial charge >= 0.3 is 0 Å². The third-order valence-corrected chi connectivity index (χ3v) is 7.74. The third-order valence-electron chi connectivity index (χ3n) is 5.83. The van der Waals surface area contributed by atoms with Crippen molar-refractivity contribution >= 4 is 21.6 Å². The Morgan fingerprint density at radius 2 is 1.66 bits per heavy atom. The molecule has 6 nitrogen and oxygen atoms in total. The first-order valence-corrected chi connectivity index (χ1v) is 11.5. The normalized spacial score (nSPS) is 17.2. The van der Waals surface area contributed by atoms with Gasteiger partial charge in [0.15, 0.2) is 0 Å². The minimum atomic E-state index is -3.48. The van der Waals surface area contributed by atoms with Gasteiger partial charge < -0.3 is 9.64 Å². The maximum absolute atomic E-state index is 13.3. The topological polar surface area (TPSA) is 66.9 Å². The van der Waals surface area contributed by atoms with Crippen LogP contribution in [0.2, 0.25) is 0 Å². The number of anilines is 1. The van der Waals surface area contributed by atoms with Gasteiger partial charge in [0.1, 0.15) is 5.75 Å². The van der Waals surface area contributed by atoms with Crippen LogP contribution in [0, 0.1) is 6.92 Å². The van der Waals surface area contributed by atoms with E-state index in [2.05, 4.69) is 0 Å². The summed E-state index contributed by atoms with van der Waals surface area (Å²) >= 11 is 0. The molecule has 7 heteroatoms. The molecule has 0 N–H and O–H groups in total. The fourth-order valence-corrected chi connectivity index (χ4v) is 5.74. The summed E-state index contributed by atoms with van der Waals surface area (Å²) < 4.78 is 32.5. The first kappa shape index (κ1) is 19.9. The number of hydrogen-bond acceptors (Lipinski definition) is 4. The zero-order valence-corrected chi connectivity index (χ0v) is 17.7. The molecular formula is C22H26N2O4S. The van der Waals surface area contributed by atoms with Crippen molar-refractivity contribution in [2.24, 2.45) is 0 Å². The maximum atomic E-state index is 13.3. The number of sulfonamides is 1. The van der Waals surface area contributed by atoms with Crippen molar-refractivity contribution < 1.29 is 17.9 Å². The summed E-state index contributed by atoms with van der Waals surface area (Å²) in [6, 6.07) is 10.2. The second kappa shape index (κ2) is 7.80. The van der Waals surface area contributed by atoms with Crippen LogP contribution >= 0.6 is 0 Å². The van der Waals surface area contributed by atoms with Crippen LogP contribution < -0.4 is 9.64 Å². The molecule has 0 atom stereocenters. The number of methoxy groups -OCH3 is 1. The van der Waals surface area contributed by atoms with Gasteiger partial charge in [-0.25, -0.2) is 8.42 Å². The number of rotatable bonds is 4. The van der Waals surface area contributed by atoms with E-state index < -0.39 is 10.0 Å². The highest BCUT2D eigenvalue weighted by Gasteiger charge is 2.30. The van der Waals surface area contributed by atoms with Gasteiger partial charge in [-0.2, -0.15) is 4.31 Å². The summed E-state index contributed by atoms with van der Waals surface area (Å²) in [6.07, 6.45) is 3.58. The Labute approximate surface area is 172 Å². The van der Waals surface area contributed by atoms with E-state index in [0.29, 0.717) is 30.9 Å². The lowest BCUT2D eigenvalue weighted by Crippen LogP contribution is -2.36. The summed E-state index contributed by atoms with van der Waals surface area (Å²) in [4.78, 5) is 15.3. The minimum absolute atomic E-state index is 0.139. The molecule has 0 radical (unpaired) electrons. The van der Waals surface area contributed by atoms with E-state index in [1.807, 2.05) is 19.1 Å². The van der Waals surface area contributed by atoms with Gasteiger partial charge in [0.05, 0.1) is 17.7 Å². The molecule has 0 spiro atoms. The second-order valence-electron chi connectivity index (χ2n) is 7.61. The lowest BCUT2D eigenvalue weighted by Gasteiger charge is -2.32. The van der Waals surface area contributed by atoms with E-state index in [1.165, 1.54) is 4.31 Å². The zero-order valence-electron chi connectivity index (χ0n) is 16.8. The maximum Gasteiger partial charge on any atom is 0.258 e. The van der Waals surface area contributed by atoms with E-state index in [1.54, 1.807) is 36.3 Å². The Balaban J connectivity index is 1.64. The average Bonchev–Trinajstić information content (AvgIpc) is 3.29. The zero-order chi connectivity index (χ0) is 20.6. The first-order chi connectivity index (χ1) is 13.9. The molecule has 0 saturated carbocycles. The molecule has 2 aromatic rings. The van der Waals surface area contributed by atoms with Gasteiger partial charge in [0.2, 0.25) is 10.0 Å². The molecule has 0 unspecified atom stereocenters. The SMILES string of the molecule is COc1ccc(C)c2c1N(C(=O)c1ccc(S(=O)(=O)N3CCCC3)cc1)CCC2. The number of benzene rings is 2. The molecule has 4 rings (SSSR count). The monoisotopic (exact) mass is 414 g/mol. The van der Waals surface area contributed by atoms with Gasteiger partial charge in [0, 0.05) is 25.2 Å². The number of carbonyl (C=O) groups is 1. The minimum Gasteiger partial charge on any atom is -0.495 e. The van der Waals surface area contributed by atoms with Crippen molar-refractivity contribution in [3.05, 3.63) is 53.1 Å². The van der Waals surface area contributed by atoms with E-state index in [9.17, 15) is 13.2 Å². The van der Waals surface area contributed by atoms with Crippen LogP contribution in [0.15, 0.2) is 41.3 Å². The molecule has 2 aromatic carbocycles. The molecule has 29 heavy (non-hydrogen) atoms. The standard InChI is InChI=1S/C22H26N2O4S/c1-16-7-12-20(28-2)21-19(16)6-5-15-24(21)22(25)17-8-10-18(11-9-17)29(26,27)23-13-3-4-14-23/h7-12H,3-6,13-15H2,1-2H3. The highest BCUT2D eigenvalue weighted by molar-refractivity contribution is 7.89. The molecule has 0 aliphatic carbocycles. The smallest absolute Gasteiger partial charge is 0.258 e. The quantitative estimate of drug-likeness (QED) is 0.769. The molecule has 2 heterocycles. The second-order valence-corrected chi connectivity index (χ2v) is 9.55. The number of fused-ring (bicyclic) bond motifs is 1. The number of nitrogens with zero attached hydrogens (tertiary/aromatic N) is 2. The fraction of sp³-hybridized carbons (Fsp3) is 0.409. The summed E-state index contributed by atoms with van der Waals surface area (Å²) in [5, 5.41) is 0. The van der Waals surface area contributed by atoms with Crippen LogP contribution in [0.5, 0.6) is 5.75 Å². The number of aryl methyl sites for hydroxylation is 1. The highest BCUT2D eigenvalue weighted by atomic mass is 32.2. The Bertz CT molecular complexity index is 1030. The summed E-state index contributed by atoms with van der Waals surface area (Å²) in [7, 11) is -1.87. The highest BCUT2D eigenvalue weighted by Crippen LogP contribution is 2.39. The molecule has 1 amide bonds.